The molecule has 1 N–H and O–H groups in total. The van der Waals surface area contributed by atoms with Gasteiger partial charge in [-0.05, 0) is 18.1 Å². The Morgan fingerprint density at radius 2 is 2.00 bits per heavy atom. The van der Waals surface area contributed by atoms with Crippen LogP contribution in [0.5, 0.6) is 0 Å². The number of benzene rings is 1. The molecule has 2 unspecified atom stereocenters. The summed E-state index contributed by atoms with van der Waals surface area (Å²) in [6, 6.07) is 8.30. The summed E-state index contributed by atoms with van der Waals surface area (Å²) in [5, 5.41) is 10.8. The van der Waals surface area contributed by atoms with E-state index in [1.807, 2.05) is 12.4 Å². The summed E-state index contributed by atoms with van der Waals surface area (Å²) in [6.07, 6.45) is 5.57. The number of methoxy groups -OCH3 is 1. The quantitative estimate of drug-likeness (QED) is 0.931. The predicted octanol–water partition coefficient (Wildman–Crippen LogP) is 2.43. The summed E-state index contributed by atoms with van der Waals surface area (Å²) < 4.78 is 11.3. The van der Waals surface area contributed by atoms with Crippen LogP contribution in [-0.2, 0) is 9.47 Å². The van der Waals surface area contributed by atoms with Crippen molar-refractivity contribution < 1.29 is 14.6 Å². The third-order valence-corrected chi connectivity index (χ3v) is 5.04. The molecule has 4 heteroatoms. The first kappa shape index (κ1) is 14.0. The van der Waals surface area contributed by atoms with E-state index in [4.69, 9.17) is 9.47 Å². The molecule has 4 rings (SSSR count). The van der Waals surface area contributed by atoms with Gasteiger partial charge in [-0.15, -0.1) is 0 Å². The van der Waals surface area contributed by atoms with Gasteiger partial charge in [0.1, 0.15) is 5.60 Å². The van der Waals surface area contributed by atoms with Crippen molar-refractivity contribution in [2.75, 3.05) is 20.3 Å². The highest BCUT2D eigenvalue weighted by Crippen LogP contribution is 2.55. The van der Waals surface area contributed by atoms with Crippen molar-refractivity contribution in [3.8, 4) is 0 Å². The Hall–Kier alpha value is -1.62. The van der Waals surface area contributed by atoms with Crippen molar-refractivity contribution >= 4 is 5.57 Å². The van der Waals surface area contributed by atoms with E-state index in [-0.39, 0.29) is 0 Å². The van der Waals surface area contributed by atoms with Gasteiger partial charge in [0, 0.05) is 37.9 Å². The van der Waals surface area contributed by atoms with Crippen molar-refractivity contribution in [2.24, 2.45) is 0 Å². The summed E-state index contributed by atoms with van der Waals surface area (Å²) in [6.45, 7) is 3.31. The third-order valence-electron chi connectivity index (χ3n) is 5.04. The summed E-state index contributed by atoms with van der Waals surface area (Å²) >= 11 is 0. The Labute approximate surface area is 130 Å². The lowest BCUT2D eigenvalue weighted by Crippen LogP contribution is -2.46. The molecule has 0 spiro atoms. The molecule has 0 amide bonds. The fraction of sp³-hybridized carbons (Fsp3) is 0.444. The number of fused-ring (bicyclic) bond motifs is 1. The van der Waals surface area contributed by atoms with Gasteiger partial charge in [-0.3, -0.25) is 0 Å². The number of rotatable bonds is 3. The zero-order valence-electron chi connectivity index (χ0n) is 13.0. The maximum absolute atomic E-state index is 10.8. The summed E-state index contributed by atoms with van der Waals surface area (Å²) in [4.78, 5) is 2.09. The zero-order valence-corrected chi connectivity index (χ0v) is 13.0. The van der Waals surface area contributed by atoms with E-state index in [1.54, 1.807) is 7.11 Å². The van der Waals surface area contributed by atoms with Gasteiger partial charge in [0.25, 0.3) is 0 Å². The molecule has 0 bridgehead atoms. The van der Waals surface area contributed by atoms with Crippen LogP contribution in [0.2, 0.25) is 0 Å². The number of nitrogens with zero attached hydrogens (tertiary/aromatic N) is 1. The number of ether oxygens (including phenoxy) is 2. The molecule has 0 radical (unpaired) electrons. The van der Waals surface area contributed by atoms with Gasteiger partial charge in [0.05, 0.1) is 13.2 Å². The van der Waals surface area contributed by atoms with Crippen LogP contribution in [0.1, 0.15) is 24.0 Å². The smallest absolute Gasteiger partial charge is 0.169 e. The van der Waals surface area contributed by atoms with Gasteiger partial charge in [0.2, 0.25) is 0 Å². The first-order valence-corrected chi connectivity index (χ1v) is 7.72. The molecule has 2 fully saturated rings. The molecule has 2 atom stereocenters. The van der Waals surface area contributed by atoms with E-state index in [1.165, 1.54) is 5.56 Å². The van der Waals surface area contributed by atoms with Crippen LogP contribution < -0.4 is 0 Å². The second-order valence-corrected chi connectivity index (χ2v) is 6.46. The van der Waals surface area contributed by atoms with Crippen LogP contribution in [0.15, 0.2) is 42.2 Å². The average molecular weight is 299 g/mol. The van der Waals surface area contributed by atoms with Crippen LogP contribution in [0, 0.1) is 6.92 Å². The second kappa shape index (κ2) is 4.69. The summed E-state index contributed by atoms with van der Waals surface area (Å²) in [7, 11) is 1.72. The lowest BCUT2D eigenvalue weighted by molar-refractivity contribution is -0.0958. The van der Waals surface area contributed by atoms with Crippen molar-refractivity contribution in [1.82, 2.24) is 4.90 Å². The van der Waals surface area contributed by atoms with E-state index in [2.05, 4.69) is 36.1 Å². The van der Waals surface area contributed by atoms with E-state index in [0.717, 1.165) is 23.1 Å². The molecule has 22 heavy (non-hydrogen) atoms. The SMILES string of the molecule is COC1(N2C=C3CC3(O)C(c3ccc(C)cc3)=C2)CCOC1. The molecule has 2 heterocycles. The average Bonchev–Trinajstić information content (AvgIpc) is 2.97. The zero-order chi connectivity index (χ0) is 15.4. The molecule has 1 aliphatic carbocycles. The first-order chi connectivity index (χ1) is 10.6. The number of aryl methyl sites for hydroxylation is 1. The van der Waals surface area contributed by atoms with Crippen LogP contribution in [0.25, 0.3) is 5.57 Å². The Morgan fingerprint density at radius 1 is 1.23 bits per heavy atom. The Kier molecular flexibility index (Phi) is 2.98. The largest absolute Gasteiger partial charge is 0.380 e. The molecule has 116 valence electrons. The molecule has 3 aliphatic rings. The van der Waals surface area contributed by atoms with Crippen LogP contribution in [-0.4, -0.2) is 41.7 Å². The minimum absolute atomic E-state index is 0.452. The molecular weight excluding hydrogens is 278 g/mol. The number of hydrogen-bond acceptors (Lipinski definition) is 4. The van der Waals surface area contributed by atoms with Crippen molar-refractivity contribution in [1.29, 1.82) is 0 Å². The number of hydrogen-bond donors (Lipinski definition) is 1. The Bertz CT molecular complexity index is 655. The molecule has 1 saturated carbocycles. The van der Waals surface area contributed by atoms with Crippen molar-refractivity contribution in [3.05, 3.63) is 53.4 Å². The maximum atomic E-state index is 10.8. The Balaban J connectivity index is 1.75. The van der Waals surface area contributed by atoms with Gasteiger partial charge in [-0.1, -0.05) is 29.8 Å². The van der Waals surface area contributed by atoms with Gasteiger partial charge in [-0.2, -0.15) is 0 Å². The lowest BCUT2D eigenvalue weighted by atomic mass is 9.96. The monoisotopic (exact) mass is 299 g/mol. The van der Waals surface area contributed by atoms with E-state index >= 15 is 0 Å². The maximum Gasteiger partial charge on any atom is 0.169 e. The predicted molar refractivity (Wildman–Crippen MR) is 83.8 cm³/mol. The molecular formula is C18H21NO3. The third kappa shape index (κ3) is 1.95. The van der Waals surface area contributed by atoms with Gasteiger partial charge < -0.3 is 19.5 Å². The van der Waals surface area contributed by atoms with Gasteiger partial charge in [0.15, 0.2) is 5.72 Å². The Morgan fingerprint density at radius 3 is 2.64 bits per heavy atom. The molecule has 0 aromatic heterocycles. The highest BCUT2D eigenvalue weighted by atomic mass is 16.6. The fourth-order valence-corrected chi connectivity index (χ4v) is 3.39. The van der Waals surface area contributed by atoms with E-state index < -0.39 is 11.3 Å². The van der Waals surface area contributed by atoms with Crippen molar-refractivity contribution in [3.63, 3.8) is 0 Å². The topological polar surface area (TPSA) is 41.9 Å². The number of aliphatic hydroxyl groups is 1. The highest BCUT2D eigenvalue weighted by molar-refractivity contribution is 5.82. The summed E-state index contributed by atoms with van der Waals surface area (Å²) in [5.74, 6) is 0. The molecule has 4 nitrogen and oxygen atoms in total. The highest BCUT2D eigenvalue weighted by Gasteiger charge is 2.55. The molecule has 2 aliphatic heterocycles. The summed E-state index contributed by atoms with van der Waals surface area (Å²) in [5.41, 5.74) is 3.04. The van der Waals surface area contributed by atoms with Gasteiger partial charge in [-0.25, -0.2) is 0 Å². The van der Waals surface area contributed by atoms with Crippen LogP contribution >= 0.6 is 0 Å². The van der Waals surface area contributed by atoms with Crippen molar-refractivity contribution in [2.45, 2.75) is 31.1 Å². The molecule has 1 aromatic rings. The standard InChI is InChI=1S/C18H21NO3/c1-13-3-5-14(6-4-13)16-11-19(10-15-9-18(15,16)20)17(21-2)7-8-22-12-17/h3-6,10-11,20H,7-9,12H2,1-2H3. The van der Waals surface area contributed by atoms with Crippen LogP contribution in [0.4, 0.5) is 0 Å². The molecule has 1 aromatic carbocycles. The second-order valence-electron chi connectivity index (χ2n) is 6.46. The van der Waals surface area contributed by atoms with E-state index in [9.17, 15) is 5.11 Å². The molecule has 1 saturated heterocycles. The normalized spacial score (nSPS) is 33.3. The fourth-order valence-electron chi connectivity index (χ4n) is 3.39. The first-order valence-electron chi connectivity index (χ1n) is 7.72. The minimum Gasteiger partial charge on any atom is -0.380 e. The lowest BCUT2D eigenvalue weighted by Gasteiger charge is -2.38. The van der Waals surface area contributed by atoms with Crippen LogP contribution in [0.3, 0.4) is 0 Å². The van der Waals surface area contributed by atoms with E-state index in [0.29, 0.717) is 19.6 Å². The minimum atomic E-state index is -0.792. The van der Waals surface area contributed by atoms with Gasteiger partial charge >= 0.3 is 0 Å².